The van der Waals surface area contributed by atoms with E-state index in [1.54, 1.807) is 7.11 Å². The van der Waals surface area contributed by atoms with Crippen LogP contribution >= 0.6 is 0 Å². The van der Waals surface area contributed by atoms with Crippen LogP contribution in [0.3, 0.4) is 0 Å². The molecular weight excluding hydrogens is 276 g/mol. The summed E-state index contributed by atoms with van der Waals surface area (Å²) in [7, 11) is 1.68. The molecule has 1 saturated carbocycles. The minimum atomic E-state index is 0.119. The minimum absolute atomic E-state index is 0.119. The molecular formula is C18H28N2O2. The first-order chi connectivity index (χ1) is 10.7. The molecule has 1 fully saturated rings. The van der Waals surface area contributed by atoms with E-state index in [1.807, 2.05) is 0 Å². The first kappa shape index (κ1) is 17.0. The van der Waals surface area contributed by atoms with Crippen molar-refractivity contribution in [2.24, 2.45) is 0 Å². The molecule has 0 saturated heterocycles. The second kappa shape index (κ2) is 8.91. The van der Waals surface area contributed by atoms with Gasteiger partial charge in [-0.3, -0.25) is 9.69 Å². The van der Waals surface area contributed by atoms with Crippen LogP contribution in [0.1, 0.15) is 37.3 Å². The van der Waals surface area contributed by atoms with Gasteiger partial charge in [0.2, 0.25) is 5.91 Å². The lowest BCUT2D eigenvalue weighted by atomic mass is 10.1. The van der Waals surface area contributed by atoms with Gasteiger partial charge in [-0.15, -0.1) is 0 Å². The summed E-state index contributed by atoms with van der Waals surface area (Å²) >= 11 is 0. The summed E-state index contributed by atoms with van der Waals surface area (Å²) < 4.78 is 4.99. The van der Waals surface area contributed by atoms with Crippen LogP contribution in [-0.4, -0.2) is 43.7 Å². The number of nitrogens with zero attached hydrogens (tertiary/aromatic N) is 1. The lowest BCUT2D eigenvalue weighted by molar-refractivity contribution is -0.122. The van der Waals surface area contributed by atoms with Crippen LogP contribution in [0.5, 0.6) is 0 Å². The lowest BCUT2D eigenvalue weighted by Gasteiger charge is -2.21. The number of hydrogen-bond acceptors (Lipinski definition) is 3. The highest BCUT2D eigenvalue weighted by atomic mass is 16.5. The third-order valence-corrected chi connectivity index (χ3v) is 4.07. The molecule has 1 aliphatic rings. The second-order valence-electron chi connectivity index (χ2n) is 6.00. The van der Waals surface area contributed by atoms with E-state index in [1.165, 1.54) is 24.0 Å². The molecule has 122 valence electrons. The Balaban J connectivity index is 1.80. The van der Waals surface area contributed by atoms with E-state index in [2.05, 4.69) is 41.4 Å². The van der Waals surface area contributed by atoms with E-state index < -0.39 is 0 Å². The summed E-state index contributed by atoms with van der Waals surface area (Å²) in [5.41, 5.74) is 2.65. The Kier molecular flexibility index (Phi) is 6.87. The monoisotopic (exact) mass is 304 g/mol. The summed E-state index contributed by atoms with van der Waals surface area (Å²) in [4.78, 5) is 14.3. The van der Waals surface area contributed by atoms with E-state index in [-0.39, 0.29) is 5.91 Å². The fourth-order valence-electron chi connectivity index (χ4n) is 2.55. The molecule has 0 unspecified atom stereocenters. The maximum absolute atomic E-state index is 12.0. The molecule has 1 aliphatic carbocycles. The molecule has 0 atom stereocenters. The van der Waals surface area contributed by atoms with Crippen LogP contribution in [-0.2, 0) is 22.5 Å². The quantitative estimate of drug-likeness (QED) is 0.675. The van der Waals surface area contributed by atoms with Gasteiger partial charge >= 0.3 is 0 Å². The van der Waals surface area contributed by atoms with Crippen molar-refractivity contribution >= 4 is 5.91 Å². The van der Waals surface area contributed by atoms with Crippen LogP contribution in [0.2, 0.25) is 0 Å². The molecule has 0 spiro atoms. The van der Waals surface area contributed by atoms with E-state index >= 15 is 0 Å². The third kappa shape index (κ3) is 5.78. The normalized spacial score (nSPS) is 14.3. The Morgan fingerprint density at radius 2 is 1.95 bits per heavy atom. The number of rotatable bonds is 10. The van der Waals surface area contributed by atoms with Gasteiger partial charge in [-0.2, -0.15) is 0 Å². The Labute approximate surface area is 133 Å². The van der Waals surface area contributed by atoms with Gasteiger partial charge < -0.3 is 10.1 Å². The number of hydrogen-bond donors (Lipinski definition) is 1. The van der Waals surface area contributed by atoms with Gasteiger partial charge in [0, 0.05) is 32.8 Å². The molecule has 4 heteroatoms. The Morgan fingerprint density at radius 1 is 1.27 bits per heavy atom. The van der Waals surface area contributed by atoms with Crippen LogP contribution in [0.4, 0.5) is 0 Å². The minimum Gasteiger partial charge on any atom is -0.385 e. The van der Waals surface area contributed by atoms with Crippen LogP contribution in [0.25, 0.3) is 0 Å². The molecule has 0 aliphatic heterocycles. The van der Waals surface area contributed by atoms with Crippen molar-refractivity contribution in [1.29, 1.82) is 0 Å². The Bertz CT molecular complexity index is 455. The number of benzene rings is 1. The van der Waals surface area contributed by atoms with Crippen molar-refractivity contribution in [3.8, 4) is 0 Å². The molecule has 4 nitrogen and oxygen atoms in total. The van der Waals surface area contributed by atoms with Crippen LogP contribution in [0.15, 0.2) is 24.3 Å². The highest BCUT2D eigenvalue weighted by molar-refractivity contribution is 5.78. The van der Waals surface area contributed by atoms with Crippen molar-refractivity contribution in [3.05, 3.63) is 35.4 Å². The number of amides is 1. The van der Waals surface area contributed by atoms with Crippen molar-refractivity contribution < 1.29 is 9.53 Å². The molecule has 2 rings (SSSR count). The smallest absolute Gasteiger partial charge is 0.234 e. The van der Waals surface area contributed by atoms with Crippen molar-refractivity contribution in [1.82, 2.24) is 10.2 Å². The summed E-state index contributed by atoms with van der Waals surface area (Å²) in [6, 6.07) is 9.32. The molecule has 22 heavy (non-hydrogen) atoms. The van der Waals surface area contributed by atoms with E-state index in [9.17, 15) is 4.79 Å². The van der Waals surface area contributed by atoms with Gasteiger partial charge in [0.15, 0.2) is 0 Å². The average molecular weight is 304 g/mol. The van der Waals surface area contributed by atoms with Crippen molar-refractivity contribution in [2.75, 3.05) is 26.8 Å². The van der Waals surface area contributed by atoms with Gasteiger partial charge in [-0.25, -0.2) is 0 Å². The number of carbonyl (C=O) groups excluding carboxylic acids is 1. The zero-order valence-electron chi connectivity index (χ0n) is 13.8. The lowest BCUT2D eigenvalue weighted by Crippen LogP contribution is -2.38. The van der Waals surface area contributed by atoms with Crippen LogP contribution < -0.4 is 5.32 Å². The van der Waals surface area contributed by atoms with E-state index in [0.29, 0.717) is 25.7 Å². The molecule has 1 aromatic rings. The van der Waals surface area contributed by atoms with Crippen molar-refractivity contribution in [2.45, 2.75) is 45.2 Å². The van der Waals surface area contributed by atoms with Crippen LogP contribution in [0, 0.1) is 0 Å². The molecule has 0 aromatic heterocycles. The Hall–Kier alpha value is -1.39. The highest BCUT2D eigenvalue weighted by Crippen LogP contribution is 2.28. The molecule has 1 aromatic carbocycles. The van der Waals surface area contributed by atoms with E-state index in [0.717, 1.165) is 19.4 Å². The van der Waals surface area contributed by atoms with Gasteiger partial charge in [-0.05, 0) is 36.8 Å². The number of nitrogens with one attached hydrogen (secondary N) is 1. The summed E-state index contributed by atoms with van der Waals surface area (Å²) in [5.74, 6) is 0.119. The summed E-state index contributed by atoms with van der Waals surface area (Å²) in [5, 5.41) is 2.97. The molecule has 1 N–H and O–H groups in total. The number of aryl methyl sites for hydroxylation is 1. The maximum Gasteiger partial charge on any atom is 0.234 e. The fourth-order valence-corrected chi connectivity index (χ4v) is 2.55. The zero-order valence-corrected chi connectivity index (χ0v) is 13.8. The molecule has 0 heterocycles. The number of carbonyl (C=O) groups is 1. The van der Waals surface area contributed by atoms with Crippen molar-refractivity contribution in [3.63, 3.8) is 0 Å². The first-order valence-corrected chi connectivity index (χ1v) is 8.30. The van der Waals surface area contributed by atoms with Gasteiger partial charge in [0.25, 0.3) is 0 Å². The summed E-state index contributed by atoms with van der Waals surface area (Å²) in [6.07, 6.45) is 4.36. The first-order valence-electron chi connectivity index (χ1n) is 8.30. The largest absolute Gasteiger partial charge is 0.385 e. The second-order valence-corrected chi connectivity index (χ2v) is 6.00. The van der Waals surface area contributed by atoms with Gasteiger partial charge in [0.05, 0.1) is 6.54 Å². The topological polar surface area (TPSA) is 41.6 Å². The number of methoxy groups -OCH3 is 1. The molecule has 0 bridgehead atoms. The van der Waals surface area contributed by atoms with Gasteiger partial charge in [0.1, 0.15) is 0 Å². The molecule has 1 amide bonds. The standard InChI is InChI=1S/C18H28N2O2/c1-3-15-5-7-16(8-6-15)13-20(17-9-10-17)14-18(21)19-11-4-12-22-2/h5-8,17H,3-4,9-14H2,1-2H3,(H,19,21). The van der Waals surface area contributed by atoms with Gasteiger partial charge in [-0.1, -0.05) is 31.2 Å². The third-order valence-electron chi connectivity index (χ3n) is 4.07. The number of ether oxygens (including phenoxy) is 1. The zero-order chi connectivity index (χ0) is 15.8. The maximum atomic E-state index is 12.0. The van der Waals surface area contributed by atoms with E-state index in [4.69, 9.17) is 4.74 Å². The predicted molar refractivity (Wildman–Crippen MR) is 88.8 cm³/mol. The predicted octanol–water partition coefficient (Wildman–Crippen LogP) is 2.37. The SMILES string of the molecule is CCc1ccc(CN(CC(=O)NCCCOC)C2CC2)cc1. The Morgan fingerprint density at radius 3 is 2.55 bits per heavy atom. The highest BCUT2D eigenvalue weighted by Gasteiger charge is 2.30. The fraction of sp³-hybridized carbons (Fsp3) is 0.611. The summed E-state index contributed by atoms with van der Waals surface area (Å²) in [6.45, 7) is 4.90. The molecule has 0 radical (unpaired) electrons. The average Bonchev–Trinajstić information content (AvgIpc) is 3.36.